The highest BCUT2D eigenvalue weighted by atomic mass is 35.5. The molecule has 0 unspecified atom stereocenters. The number of nitrogens with zero attached hydrogens (tertiary/aromatic N) is 1. The van der Waals surface area contributed by atoms with E-state index in [-0.39, 0.29) is 5.91 Å². The second kappa shape index (κ2) is 7.29. The Hall–Kier alpha value is -1.78. The van der Waals surface area contributed by atoms with Gasteiger partial charge in [-0.25, -0.2) is 4.98 Å². The van der Waals surface area contributed by atoms with Crippen LogP contribution in [-0.4, -0.2) is 24.5 Å². The minimum Gasteiger partial charge on any atom is -0.373 e. The Morgan fingerprint density at radius 1 is 1.24 bits per heavy atom. The van der Waals surface area contributed by atoms with Gasteiger partial charge in [0.2, 0.25) is 0 Å². The summed E-state index contributed by atoms with van der Waals surface area (Å²) < 4.78 is 0. The molecule has 0 radical (unpaired) electrons. The third-order valence-corrected chi connectivity index (χ3v) is 3.56. The zero-order valence-corrected chi connectivity index (χ0v) is 13.0. The van der Waals surface area contributed by atoms with E-state index in [1.165, 1.54) is 0 Å². The van der Waals surface area contributed by atoms with Crippen molar-refractivity contribution in [2.24, 2.45) is 0 Å². The lowest BCUT2D eigenvalue weighted by molar-refractivity contribution is 0.0954. The number of hydrogen-bond acceptors (Lipinski definition) is 3. The fourth-order valence-corrected chi connectivity index (χ4v) is 2.35. The molecule has 1 amide bonds. The van der Waals surface area contributed by atoms with Gasteiger partial charge in [0.05, 0.1) is 0 Å². The van der Waals surface area contributed by atoms with Crippen molar-refractivity contribution in [2.45, 2.75) is 6.42 Å². The van der Waals surface area contributed by atoms with Crippen molar-refractivity contribution in [2.75, 3.05) is 18.9 Å². The molecular formula is C15H15Cl2N3O. The van der Waals surface area contributed by atoms with Crippen LogP contribution in [-0.2, 0) is 6.42 Å². The molecule has 4 nitrogen and oxygen atoms in total. The fraction of sp³-hybridized carbons (Fsp3) is 0.200. The van der Waals surface area contributed by atoms with Crippen molar-refractivity contribution in [3.8, 4) is 0 Å². The highest BCUT2D eigenvalue weighted by Crippen LogP contribution is 2.21. The van der Waals surface area contributed by atoms with Crippen LogP contribution in [0.1, 0.15) is 15.9 Å². The van der Waals surface area contributed by atoms with E-state index in [2.05, 4.69) is 15.6 Å². The van der Waals surface area contributed by atoms with Gasteiger partial charge in [0.15, 0.2) is 0 Å². The van der Waals surface area contributed by atoms with Crippen LogP contribution in [0.4, 0.5) is 5.82 Å². The third kappa shape index (κ3) is 4.34. The minimum absolute atomic E-state index is 0.140. The number of carbonyl (C=O) groups is 1. The summed E-state index contributed by atoms with van der Waals surface area (Å²) in [6, 6.07) is 8.72. The Balaban J connectivity index is 1.92. The number of pyridine rings is 1. The van der Waals surface area contributed by atoms with Gasteiger partial charge in [-0.05, 0) is 36.2 Å². The van der Waals surface area contributed by atoms with E-state index < -0.39 is 0 Å². The molecule has 21 heavy (non-hydrogen) atoms. The van der Waals surface area contributed by atoms with E-state index in [0.29, 0.717) is 34.4 Å². The first-order valence-corrected chi connectivity index (χ1v) is 7.21. The van der Waals surface area contributed by atoms with Gasteiger partial charge in [-0.3, -0.25) is 4.79 Å². The summed E-state index contributed by atoms with van der Waals surface area (Å²) in [6.07, 6.45) is 2.24. The zero-order valence-electron chi connectivity index (χ0n) is 11.5. The molecule has 0 aliphatic carbocycles. The van der Waals surface area contributed by atoms with Gasteiger partial charge in [0, 0.05) is 35.4 Å². The van der Waals surface area contributed by atoms with Gasteiger partial charge < -0.3 is 10.6 Å². The summed E-state index contributed by atoms with van der Waals surface area (Å²) in [6.45, 7) is 0.497. The van der Waals surface area contributed by atoms with Crippen LogP contribution in [0.5, 0.6) is 0 Å². The van der Waals surface area contributed by atoms with Crippen molar-refractivity contribution < 1.29 is 4.79 Å². The summed E-state index contributed by atoms with van der Waals surface area (Å²) in [5.41, 5.74) is 1.52. The van der Waals surface area contributed by atoms with Gasteiger partial charge >= 0.3 is 0 Å². The van der Waals surface area contributed by atoms with Crippen LogP contribution in [0.2, 0.25) is 10.0 Å². The van der Waals surface area contributed by atoms with Crippen molar-refractivity contribution >= 4 is 34.9 Å². The molecule has 110 valence electrons. The maximum absolute atomic E-state index is 12.0. The molecule has 0 aliphatic rings. The number of carbonyl (C=O) groups excluding carboxylic acids is 1. The van der Waals surface area contributed by atoms with Gasteiger partial charge in [-0.15, -0.1) is 0 Å². The molecule has 2 aromatic rings. The standard InChI is InChI=1S/C15H15Cl2N3O/c1-18-14-8-11(5-6-19-14)15(21)20-7-4-10-2-3-12(16)9-13(10)17/h2-3,5-6,8-9H,4,7H2,1H3,(H,18,19)(H,20,21). The zero-order chi connectivity index (χ0) is 15.2. The smallest absolute Gasteiger partial charge is 0.251 e. The van der Waals surface area contributed by atoms with Crippen LogP contribution < -0.4 is 10.6 Å². The van der Waals surface area contributed by atoms with Crippen LogP contribution in [0.3, 0.4) is 0 Å². The average molecular weight is 324 g/mol. The highest BCUT2D eigenvalue weighted by molar-refractivity contribution is 6.35. The molecule has 0 fully saturated rings. The predicted molar refractivity (Wildman–Crippen MR) is 86.3 cm³/mol. The Labute approximate surface area is 133 Å². The van der Waals surface area contributed by atoms with Gasteiger partial charge in [-0.2, -0.15) is 0 Å². The molecule has 0 atom stereocenters. The number of benzene rings is 1. The van der Waals surface area contributed by atoms with E-state index in [9.17, 15) is 4.79 Å². The van der Waals surface area contributed by atoms with E-state index in [1.54, 1.807) is 37.5 Å². The van der Waals surface area contributed by atoms with E-state index in [4.69, 9.17) is 23.2 Å². The third-order valence-electron chi connectivity index (χ3n) is 2.97. The Morgan fingerprint density at radius 2 is 2.05 bits per heavy atom. The number of amides is 1. The van der Waals surface area contributed by atoms with Crippen LogP contribution in [0.25, 0.3) is 0 Å². The Morgan fingerprint density at radius 3 is 2.76 bits per heavy atom. The van der Waals surface area contributed by atoms with Crippen molar-refractivity contribution in [1.29, 1.82) is 0 Å². The van der Waals surface area contributed by atoms with Crippen LogP contribution in [0, 0.1) is 0 Å². The summed E-state index contributed by atoms with van der Waals surface area (Å²) in [5, 5.41) is 6.96. The molecule has 1 aromatic heterocycles. The molecular weight excluding hydrogens is 309 g/mol. The lowest BCUT2D eigenvalue weighted by atomic mass is 10.1. The number of halogens is 2. The lowest BCUT2D eigenvalue weighted by Gasteiger charge is -2.08. The number of anilines is 1. The first-order valence-electron chi connectivity index (χ1n) is 6.46. The molecule has 2 rings (SSSR count). The first-order chi connectivity index (χ1) is 10.1. The summed E-state index contributed by atoms with van der Waals surface area (Å²) in [4.78, 5) is 16.1. The molecule has 0 saturated heterocycles. The molecule has 1 aromatic carbocycles. The minimum atomic E-state index is -0.140. The molecule has 0 bridgehead atoms. The predicted octanol–water partition coefficient (Wildman–Crippen LogP) is 3.40. The normalized spacial score (nSPS) is 10.2. The van der Waals surface area contributed by atoms with Crippen molar-refractivity contribution in [1.82, 2.24) is 10.3 Å². The lowest BCUT2D eigenvalue weighted by Crippen LogP contribution is -2.25. The van der Waals surface area contributed by atoms with E-state index in [1.807, 2.05) is 6.07 Å². The molecule has 6 heteroatoms. The highest BCUT2D eigenvalue weighted by Gasteiger charge is 2.07. The summed E-state index contributed by atoms with van der Waals surface area (Å²) in [5.74, 6) is 0.516. The molecule has 1 heterocycles. The van der Waals surface area contributed by atoms with E-state index in [0.717, 1.165) is 5.56 Å². The fourth-order valence-electron chi connectivity index (χ4n) is 1.85. The maximum Gasteiger partial charge on any atom is 0.251 e. The maximum atomic E-state index is 12.0. The van der Waals surface area contributed by atoms with Crippen molar-refractivity contribution in [3.63, 3.8) is 0 Å². The Bertz CT molecular complexity index is 647. The second-order valence-corrected chi connectivity index (χ2v) is 5.27. The first kappa shape index (κ1) is 15.6. The molecule has 0 spiro atoms. The van der Waals surface area contributed by atoms with Crippen LogP contribution in [0.15, 0.2) is 36.5 Å². The quantitative estimate of drug-likeness (QED) is 0.886. The monoisotopic (exact) mass is 323 g/mol. The molecule has 0 aliphatic heterocycles. The SMILES string of the molecule is CNc1cc(C(=O)NCCc2ccc(Cl)cc2Cl)ccn1. The summed E-state index contributed by atoms with van der Waals surface area (Å²) >= 11 is 11.9. The average Bonchev–Trinajstić information content (AvgIpc) is 2.49. The summed E-state index contributed by atoms with van der Waals surface area (Å²) in [7, 11) is 1.76. The van der Waals surface area contributed by atoms with Gasteiger partial charge in [0.1, 0.15) is 5.82 Å². The van der Waals surface area contributed by atoms with Crippen molar-refractivity contribution in [3.05, 3.63) is 57.7 Å². The number of aromatic nitrogens is 1. The second-order valence-electron chi connectivity index (χ2n) is 4.42. The van der Waals surface area contributed by atoms with Gasteiger partial charge in [-0.1, -0.05) is 29.3 Å². The van der Waals surface area contributed by atoms with Crippen LogP contribution >= 0.6 is 23.2 Å². The topological polar surface area (TPSA) is 54.0 Å². The van der Waals surface area contributed by atoms with E-state index >= 15 is 0 Å². The largest absolute Gasteiger partial charge is 0.373 e. The van der Waals surface area contributed by atoms with Gasteiger partial charge in [0.25, 0.3) is 5.91 Å². The Kier molecular flexibility index (Phi) is 5.42. The molecule has 2 N–H and O–H groups in total. The molecule has 0 saturated carbocycles. The number of rotatable bonds is 5. The number of hydrogen-bond donors (Lipinski definition) is 2. The number of nitrogens with one attached hydrogen (secondary N) is 2.